The number of methoxy groups -OCH3 is 1. The highest BCUT2D eigenvalue weighted by molar-refractivity contribution is 7.80. The van der Waals surface area contributed by atoms with E-state index in [1.165, 1.54) is 16.2 Å². The van der Waals surface area contributed by atoms with Crippen molar-refractivity contribution in [3.05, 3.63) is 21.9 Å². The fourth-order valence-corrected chi connectivity index (χ4v) is 2.32. The Hall–Kier alpha value is -1.18. The van der Waals surface area contributed by atoms with Crippen LogP contribution in [0, 0.1) is 0 Å². The lowest BCUT2D eigenvalue weighted by molar-refractivity contribution is 0.0947. The van der Waals surface area contributed by atoms with Gasteiger partial charge in [0, 0.05) is 25.1 Å². The molecule has 0 unspecified atom stereocenters. The van der Waals surface area contributed by atoms with E-state index in [0.29, 0.717) is 23.1 Å². The number of thiocarbonyl (C=S) groups is 1. The number of amides is 1. The molecule has 0 aliphatic carbocycles. The first-order valence-corrected chi connectivity index (χ1v) is 7.31. The van der Waals surface area contributed by atoms with E-state index < -0.39 is 0 Å². The Morgan fingerprint density at radius 1 is 1.42 bits per heavy atom. The summed E-state index contributed by atoms with van der Waals surface area (Å²) in [6.45, 7) is 3.44. The molecule has 0 aliphatic rings. The first kappa shape index (κ1) is 15.9. The molecule has 1 aromatic rings. The average Bonchev–Trinajstić information content (AvgIpc) is 2.90. The van der Waals surface area contributed by atoms with Crippen LogP contribution in [0.25, 0.3) is 0 Å². The van der Waals surface area contributed by atoms with Crippen LogP contribution >= 0.6 is 23.6 Å². The summed E-state index contributed by atoms with van der Waals surface area (Å²) < 4.78 is 4.92. The third-order valence-corrected chi connectivity index (χ3v) is 3.81. The van der Waals surface area contributed by atoms with Gasteiger partial charge in [-0.25, -0.2) is 0 Å². The number of carbonyl (C=O) groups is 1. The number of aryl methyl sites for hydroxylation is 1. The van der Waals surface area contributed by atoms with Crippen molar-refractivity contribution >= 4 is 34.6 Å². The molecule has 0 saturated carbocycles. The van der Waals surface area contributed by atoms with Crippen LogP contribution in [0.5, 0.6) is 0 Å². The van der Waals surface area contributed by atoms with Crippen LogP contribution in [0.3, 0.4) is 0 Å². The average molecular weight is 301 g/mol. The molecule has 5 nitrogen and oxygen atoms in total. The SMILES string of the molecule is CCc1ccc(C(=O)NNC(=S)NCCCOC)s1. The van der Waals surface area contributed by atoms with Gasteiger partial charge in [-0.05, 0) is 37.2 Å². The van der Waals surface area contributed by atoms with Crippen LogP contribution in [-0.4, -0.2) is 31.3 Å². The Balaban J connectivity index is 2.24. The van der Waals surface area contributed by atoms with E-state index in [1.807, 2.05) is 12.1 Å². The smallest absolute Gasteiger partial charge is 0.279 e. The van der Waals surface area contributed by atoms with Gasteiger partial charge in [-0.15, -0.1) is 11.3 Å². The molecule has 1 aromatic heterocycles. The highest BCUT2D eigenvalue weighted by Gasteiger charge is 2.08. The molecule has 0 atom stereocenters. The van der Waals surface area contributed by atoms with Crippen LogP contribution in [0.2, 0.25) is 0 Å². The summed E-state index contributed by atoms with van der Waals surface area (Å²) >= 11 is 6.51. The van der Waals surface area contributed by atoms with Gasteiger partial charge in [-0.2, -0.15) is 0 Å². The van der Waals surface area contributed by atoms with Gasteiger partial charge in [0.2, 0.25) is 0 Å². The Bertz CT molecular complexity index is 421. The second-order valence-corrected chi connectivity index (χ2v) is 5.38. The summed E-state index contributed by atoms with van der Waals surface area (Å²) in [6, 6.07) is 3.77. The maximum atomic E-state index is 11.8. The molecular weight excluding hydrogens is 282 g/mol. The minimum atomic E-state index is -0.175. The van der Waals surface area contributed by atoms with E-state index in [9.17, 15) is 4.79 Å². The molecule has 106 valence electrons. The molecule has 1 rings (SSSR count). The number of hydrazine groups is 1. The molecule has 7 heteroatoms. The number of hydrogen-bond donors (Lipinski definition) is 3. The van der Waals surface area contributed by atoms with Crippen molar-refractivity contribution in [1.29, 1.82) is 0 Å². The largest absolute Gasteiger partial charge is 0.385 e. The zero-order valence-corrected chi connectivity index (χ0v) is 12.7. The number of hydrogen-bond acceptors (Lipinski definition) is 4. The minimum Gasteiger partial charge on any atom is -0.385 e. The molecular formula is C12H19N3O2S2. The van der Waals surface area contributed by atoms with E-state index in [2.05, 4.69) is 23.1 Å². The normalized spacial score (nSPS) is 10.0. The van der Waals surface area contributed by atoms with Crippen LogP contribution < -0.4 is 16.2 Å². The van der Waals surface area contributed by atoms with Crippen molar-refractivity contribution in [3.63, 3.8) is 0 Å². The molecule has 3 N–H and O–H groups in total. The van der Waals surface area contributed by atoms with E-state index in [0.717, 1.165) is 12.8 Å². The second-order valence-electron chi connectivity index (χ2n) is 3.80. The van der Waals surface area contributed by atoms with Crippen LogP contribution in [0.1, 0.15) is 27.9 Å². The monoisotopic (exact) mass is 301 g/mol. The van der Waals surface area contributed by atoms with Crippen molar-refractivity contribution in [2.45, 2.75) is 19.8 Å². The summed E-state index contributed by atoms with van der Waals surface area (Å²) in [5, 5.41) is 3.37. The van der Waals surface area contributed by atoms with Crippen LogP contribution in [0.15, 0.2) is 12.1 Å². The third-order valence-electron chi connectivity index (χ3n) is 2.33. The van der Waals surface area contributed by atoms with E-state index in [-0.39, 0.29) is 5.91 Å². The van der Waals surface area contributed by atoms with Crippen molar-refractivity contribution in [2.24, 2.45) is 0 Å². The topological polar surface area (TPSA) is 62.4 Å². The molecule has 0 fully saturated rings. The van der Waals surface area contributed by atoms with Gasteiger partial charge in [0.1, 0.15) is 0 Å². The van der Waals surface area contributed by atoms with Gasteiger partial charge in [0.05, 0.1) is 4.88 Å². The molecule has 0 bridgehead atoms. The number of nitrogens with one attached hydrogen (secondary N) is 3. The molecule has 1 amide bonds. The van der Waals surface area contributed by atoms with E-state index in [1.54, 1.807) is 7.11 Å². The second kappa shape index (κ2) is 8.84. The standard InChI is InChI=1S/C12H19N3O2S2/c1-3-9-5-6-10(19-9)11(16)14-15-12(18)13-7-4-8-17-2/h5-6H,3-4,7-8H2,1-2H3,(H,14,16)(H2,13,15,18). The lowest BCUT2D eigenvalue weighted by Crippen LogP contribution is -2.46. The molecule has 0 aromatic carbocycles. The Kier molecular flexibility index (Phi) is 7.39. The lowest BCUT2D eigenvalue weighted by Gasteiger charge is -2.10. The van der Waals surface area contributed by atoms with E-state index >= 15 is 0 Å². The van der Waals surface area contributed by atoms with Crippen molar-refractivity contribution in [2.75, 3.05) is 20.3 Å². The quantitative estimate of drug-likeness (QED) is 0.422. The molecule has 1 heterocycles. The highest BCUT2D eigenvalue weighted by Crippen LogP contribution is 2.16. The van der Waals surface area contributed by atoms with Gasteiger partial charge in [-0.3, -0.25) is 15.6 Å². The maximum absolute atomic E-state index is 11.8. The fraction of sp³-hybridized carbons (Fsp3) is 0.500. The van der Waals surface area contributed by atoms with Gasteiger partial charge < -0.3 is 10.1 Å². The summed E-state index contributed by atoms with van der Waals surface area (Å²) in [4.78, 5) is 13.6. The molecule has 0 aliphatic heterocycles. The van der Waals surface area contributed by atoms with Gasteiger partial charge in [0.15, 0.2) is 5.11 Å². The molecule has 19 heavy (non-hydrogen) atoms. The number of rotatable bonds is 6. The van der Waals surface area contributed by atoms with Gasteiger partial charge in [-0.1, -0.05) is 6.92 Å². The Morgan fingerprint density at radius 2 is 2.21 bits per heavy atom. The molecule has 0 saturated heterocycles. The maximum Gasteiger partial charge on any atom is 0.279 e. The van der Waals surface area contributed by atoms with Crippen molar-refractivity contribution in [1.82, 2.24) is 16.2 Å². The van der Waals surface area contributed by atoms with Gasteiger partial charge >= 0.3 is 0 Å². The summed E-state index contributed by atoms with van der Waals surface area (Å²) in [7, 11) is 1.66. The Labute approximate surface area is 122 Å². The Morgan fingerprint density at radius 3 is 2.84 bits per heavy atom. The lowest BCUT2D eigenvalue weighted by atomic mass is 10.3. The summed E-state index contributed by atoms with van der Waals surface area (Å²) in [6.07, 6.45) is 1.79. The van der Waals surface area contributed by atoms with Crippen molar-refractivity contribution < 1.29 is 9.53 Å². The number of ether oxygens (including phenoxy) is 1. The van der Waals surface area contributed by atoms with Crippen LogP contribution in [0.4, 0.5) is 0 Å². The van der Waals surface area contributed by atoms with Crippen LogP contribution in [-0.2, 0) is 11.2 Å². The zero-order valence-electron chi connectivity index (χ0n) is 11.1. The summed E-state index contributed by atoms with van der Waals surface area (Å²) in [5.41, 5.74) is 5.24. The first-order valence-electron chi connectivity index (χ1n) is 6.09. The van der Waals surface area contributed by atoms with Gasteiger partial charge in [0.25, 0.3) is 5.91 Å². The predicted octanol–water partition coefficient (Wildman–Crippen LogP) is 1.46. The predicted molar refractivity (Wildman–Crippen MR) is 81.4 cm³/mol. The number of carbonyl (C=O) groups excluding carboxylic acids is 1. The first-order chi connectivity index (χ1) is 9.17. The van der Waals surface area contributed by atoms with E-state index in [4.69, 9.17) is 17.0 Å². The third kappa shape index (κ3) is 6.00. The van der Waals surface area contributed by atoms with Crippen molar-refractivity contribution in [3.8, 4) is 0 Å². The summed E-state index contributed by atoms with van der Waals surface area (Å²) in [5.74, 6) is -0.175. The molecule has 0 spiro atoms. The zero-order chi connectivity index (χ0) is 14.1. The fourth-order valence-electron chi connectivity index (χ4n) is 1.33. The molecule has 0 radical (unpaired) electrons. The number of thiophene rings is 1. The highest BCUT2D eigenvalue weighted by atomic mass is 32.1. The minimum absolute atomic E-state index is 0.175.